The lowest BCUT2D eigenvalue weighted by molar-refractivity contribution is 0.281. The Hall–Kier alpha value is -0.540. The van der Waals surface area contributed by atoms with Crippen LogP contribution in [-0.4, -0.2) is 17.0 Å². The van der Waals surface area contributed by atoms with Crippen molar-refractivity contribution < 1.29 is 9.84 Å². The standard InChI is InChI=1S/C12H17BrO2/c13-8-2-1-3-9-15-12-6-4-11(10-14)5-7-12/h4-7,14H,1-3,8-10H2. The van der Waals surface area contributed by atoms with Crippen LogP contribution in [0.4, 0.5) is 0 Å². The maximum absolute atomic E-state index is 8.86. The first-order valence-corrected chi connectivity index (χ1v) is 6.37. The van der Waals surface area contributed by atoms with E-state index >= 15 is 0 Å². The van der Waals surface area contributed by atoms with E-state index in [-0.39, 0.29) is 6.61 Å². The summed E-state index contributed by atoms with van der Waals surface area (Å²) in [5.74, 6) is 0.881. The maximum atomic E-state index is 8.86. The van der Waals surface area contributed by atoms with Crippen molar-refractivity contribution in [3.05, 3.63) is 29.8 Å². The molecule has 2 nitrogen and oxygen atoms in total. The maximum Gasteiger partial charge on any atom is 0.119 e. The molecule has 0 aromatic heterocycles. The molecule has 0 spiro atoms. The summed E-state index contributed by atoms with van der Waals surface area (Å²) in [5, 5.41) is 9.92. The SMILES string of the molecule is OCc1ccc(OCCCCCBr)cc1. The van der Waals surface area contributed by atoms with Gasteiger partial charge >= 0.3 is 0 Å². The van der Waals surface area contributed by atoms with Crippen LogP contribution in [0.3, 0.4) is 0 Å². The second-order valence-corrected chi connectivity index (χ2v) is 4.19. The summed E-state index contributed by atoms with van der Waals surface area (Å²) in [4.78, 5) is 0. The number of aliphatic hydroxyl groups is 1. The number of hydrogen-bond donors (Lipinski definition) is 1. The fourth-order valence-corrected chi connectivity index (χ4v) is 1.65. The van der Waals surface area contributed by atoms with Crippen molar-refractivity contribution in [2.24, 2.45) is 0 Å². The molecule has 0 atom stereocenters. The number of alkyl halides is 1. The van der Waals surface area contributed by atoms with Gasteiger partial charge in [-0.2, -0.15) is 0 Å². The highest BCUT2D eigenvalue weighted by molar-refractivity contribution is 9.09. The van der Waals surface area contributed by atoms with Crippen LogP contribution in [0.5, 0.6) is 5.75 Å². The van der Waals surface area contributed by atoms with Gasteiger partial charge in [0.25, 0.3) is 0 Å². The highest BCUT2D eigenvalue weighted by Gasteiger charge is 1.94. The molecule has 1 aromatic carbocycles. The van der Waals surface area contributed by atoms with Gasteiger partial charge in [-0.1, -0.05) is 28.1 Å². The van der Waals surface area contributed by atoms with E-state index in [1.807, 2.05) is 24.3 Å². The summed E-state index contributed by atoms with van der Waals surface area (Å²) in [6, 6.07) is 7.56. The zero-order valence-electron chi connectivity index (χ0n) is 8.79. The normalized spacial score (nSPS) is 10.3. The van der Waals surface area contributed by atoms with Gasteiger partial charge in [-0.25, -0.2) is 0 Å². The summed E-state index contributed by atoms with van der Waals surface area (Å²) in [5.41, 5.74) is 0.918. The zero-order valence-corrected chi connectivity index (χ0v) is 10.4. The van der Waals surface area contributed by atoms with Crippen LogP contribution in [0.1, 0.15) is 24.8 Å². The predicted molar refractivity (Wildman–Crippen MR) is 65.5 cm³/mol. The number of benzene rings is 1. The molecule has 1 N–H and O–H groups in total. The number of rotatable bonds is 7. The molecule has 84 valence electrons. The molecule has 3 heteroatoms. The van der Waals surface area contributed by atoms with Crippen molar-refractivity contribution in [3.8, 4) is 5.75 Å². The van der Waals surface area contributed by atoms with Crippen molar-refractivity contribution in [1.29, 1.82) is 0 Å². The van der Waals surface area contributed by atoms with Crippen LogP contribution in [0.2, 0.25) is 0 Å². The van der Waals surface area contributed by atoms with Crippen LogP contribution in [-0.2, 0) is 6.61 Å². The molecule has 0 saturated carbocycles. The van der Waals surface area contributed by atoms with Gasteiger partial charge in [0.1, 0.15) is 5.75 Å². The molecular formula is C12H17BrO2. The largest absolute Gasteiger partial charge is 0.494 e. The first kappa shape index (κ1) is 12.5. The molecule has 0 aliphatic heterocycles. The van der Waals surface area contributed by atoms with Crippen LogP contribution >= 0.6 is 15.9 Å². The van der Waals surface area contributed by atoms with Gasteiger partial charge in [0.2, 0.25) is 0 Å². The molecule has 1 rings (SSSR count). The molecule has 0 saturated heterocycles. The molecule has 0 fully saturated rings. The Kier molecular flexibility index (Phi) is 6.44. The Balaban J connectivity index is 2.20. The number of halogens is 1. The van der Waals surface area contributed by atoms with E-state index in [2.05, 4.69) is 15.9 Å². The average Bonchev–Trinajstić information content (AvgIpc) is 2.30. The quantitative estimate of drug-likeness (QED) is 0.611. The van der Waals surface area contributed by atoms with Gasteiger partial charge in [0.05, 0.1) is 13.2 Å². The van der Waals surface area contributed by atoms with Gasteiger partial charge in [-0.15, -0.1) is 0 Å². The van der Waals surface area contributed by atoms with Crippen molar-refractivity contribution in [2.75, 3.05) is 11.9 Å². The highest BCUT2D eigenvalue weighted by atomic mass is 79.9. The summed E-state index contributed by atoms with van der Waals surface area (Å²) < 4.78 is 5.56. The van der Waals surface area contributed by atoms with E-state index in [9.17, 15) is 0 Å². The Morgan fingerprint density at radius 3 is 2.40 bits per heavy atom. The Labute approximate surface area is 99.4 Å². The number of unbranched alkanes of at least 4 members (excludes halogenated alkanes) is 2. The van der Waals surface area contributed by atoms with E-state index in [1.54, 1.807) is 0 Å². The lowest BCUT2D eigenvalue weighted by atomic mass is 10.2. The summed E-state index contributed by atoms with van der Waals surface area (Å²) in [7, 11) is 0. The third-order valence-electron chi connectivity index (χ3n) is 2.15. The van der Waals surface area contributed by atoms with Crippen LogP contribution < -0.4 is 4.74 Å². The Bertz CT molecular complexity index is 259. The van der Waals surface area contributed by atoms with Gasteiger partial charge in [-0.05, 0) is 37.0 Å². The highest BCUT2D eigenvalue weighted by Crippen LogP contribution is 2.12. The molecule has 0 amide bonds. The zero-order chi connectivity index (χ0) is 10.9. The fraction of sp³-hybridized carbons (Fsp3) is 0.500. The van der Waals surface area contributed by atoms with Gasteiger partial charge in [0, 0.05) is 5.33 Å². The van der Waals surface area contributed by atoms with E-state index in [0.29, 0.717) is 0 Å². The van der Waals surface area contributed by atoms with E-state index in [1.165, 1.54) is 12.8 Å². The third kappa shape index (κ3) is 5.19. The second-order valence-electron chi connectivity index (χ2n) is 3.40. The molecule has 0 unspecified atom stereocenters. The lowest BCUT2D eigenvalue weighted by Gasteiger charge is -2.06. The van der Waals surface area contributed by atoms with E-state index in [4.69, 9.17) is 9.84 Å². The first-order valence-electron chi connectivity index (χ1n) is 5.25. The fourth-order valence-electron chi connectivity index (χ4n) is 1.25. The summed E-state index contributed by atoms with van der Waals surface area (Å²) >= 11 is 3.40. The second kappa shape index (κ2) is 7.71. The minimum absolute atomic E-state index is 0.0888. The smallest absolute Gasteiger partial charge is 0.119 e. The molecule has 0 radical (unpaired) electrons. The van der Waals surface area contributed by atoms with Crippen molar-refractivity contribution in [3.63, 3.8) is 0 Å². The van der Waals surface area contributed by atoms with Crippen LogP contribution in [0, 0.1) is 0 Å². The number of aliphatic hydroxyl groups excluding tert-OH is 1. The molecule has 0 heterocycles. The van der Waals surface area contributed by atoms with E-state index in [0.717, 1.165) is 29.7 Å². The van der Waals surface area contributed by atoms with Crippen molar-refractivity contribution in [1.82, 2.24) is 0 Å². The molecule has 15 heavy (non-hydrogen) atoms. The topological polar surface area (TPSA) is 29.5 Å². The molecular weight excluding hydrogens is 256 g/mol. The van der Waals surface area contributed by atoms with Crippen LogP contribution in [0.15, 0.2) is 24.3 Å². The molecule has 0 aliphatic rings. The Morgan fingerprint density at radius 1 is 1.07 bits per heavy atom. The first-order chi connectivity index (χ1) is 7.36. The summed E-state index contributed by atoms with van der Waals surface area (Å²) in [6.45, 7) is 0.858. The molecule has 0 aliphatic carbocycles. The van der Waals surface area contributed by atoms with Crippen molar-refractivity contribution in [2.45, 2.75) is 25.9 Å². The Morgan fingerprint density at radius 2 is 1.80 bits per heavy atom. The molecule has 1 aromatic rings. The predicted octanol–water partition coefficient (Wildman–Crippen LogP) is 3.12. The van der Waals surface area contributed by atoms with E-state index < -0.39 is 0 Å². The monoisotopic (exact) mass is 272 g/mol. The molecule has 0 bridgehead atoms. The lowest BCUT2D eigenvalue weighted by Crippen LogP contribution is -1.97. The van der Waals surface area contributed by atoms with Gasteiger partial charge in [-0.3, -0.25) is 0 Å². The van der Waals surface area contributed by atoms with Gasteiger partial charge in [0.15, 0.2) is 0 Å². The summed E-state index contributed by atoms with van der Waals surface area (Å²) in [6.07, 6.45) is 3.49. The number of ether oxygens (including phenoxy) is 1. The minimum Gasteiger partial charge on any atom is -0.494 e. The third-order valence-corrected chi connectivity index (χ3v) is 2.71. The average molecular weight is 273 g/mol. The minimum atomic E-state index is 0.0888. The number of hydrogen-bond acceptors (Lipinski definition) is 2. The van der Waals surface area contributed by atoms with Crippen LogP contribution in [0.25, 0.3) is 0 Å². The van der Waals surface area contributed by atoms with Crippen molar-refractivity contribution >= 4 is 15.9 Å². The van der Waals surface area contributed by atoms with Gasteiger partial charge < -0.3 is 9.84 Å².